The van der Waals surface area contributed by atoms with Gasteiger partial charge >= 0.3 is 6.09 Å². The van der Waals surface area contributed by atoms with Gasteiger partial charge in [0.2, 0.25) is 0 Å². The smallest absolute Gasteiger partial charge is 0.410 e. The van der Waals surface area contributed by atoms with Crippen molar-refractivity contribution in [1.29, 1.82) is 0 Å². The average molecular weight is 255 g/mol. The molecule has 0 aromatic rings. The van der Waals surface area contributed by atoms with E-state index in [1.54, 1.807) is 0 Å². The summed E-state index contributed by atoms with van der Waals surface area (Å²) in [5.74, 6) is 0.128. The molecule has 0 radical (unpaired) electrons. The topological polar surface area (TPSA) is 46.6 Å². The molecule has 4 heteroatoms. The van der Waals surface area contributed by atoms with Crippen LogP contribution < -0.4 is 0 Å². The number of carbonyl (C=O) groups excluding carboxylic acids is 2. The first kappa shape index (κ1) is 15.0. The first-order valence-electron chi connectivity index (χ1n) is 7.17. The Bertz CT molecular complexity index is 266. The second-order valence-corrected chi connectivity index (χ2v) is 4.95. The van der Waals surface area contributed by atoms with Crippen molar-refractivity contribution in [2.75, 3.05) is 19.7 Å². The molecule has 1 heterocycles. The van der Waals surface area contributed by atoms with Crippen LogP contribution in [0.25, 0.3) is 0 Å². The third-order valence-corrected chi connectivity index (χ3v) is 3.26. The van der Waals surface area contributed by atoms with E-state index < -0.39 is 0 Å². The van der Waals surface area contributed by atoms with Gasteiger partial charge in [-0.05, 0) is 6.42 Å². The summed E-state index contributed by atoms with van der Waals surface area (Å²) in [4.78, 5) is 24.0. The quantitative estimate of drug-likeness (QED) is 0.626. The van der Waals surface area contributed by atoms with Crippen LogP contribution in [0, 0.1) is 0 Å². The maximum absolute atomic E-state index is 11.5. The van der Waals surface area contributed by atoms with Gasteiger partial charge in [-0.3, -0.25) is 4.79 Å². The number of ether oxygens (including phenoxy) is 1. The Balaban J connectivity index is 1.91. The molecule has 0 bridgehead atoms. The Morgan fingerprint density at radius 3 is 2.44 bits per heavy atom. The third-order valence-electron chi connectivity index (χ3n) is 3.26. The standard InChI is InChI=1S/C14H25NO3/c1-2-3-4-5-6-7-8-11-18-14(17)15-10-9-13(16)12-15/h2-12H2,1H3. The molecular formula is C14H25NO3. The molecule has 1 saturated heterocycles. The first-order chi connectivity index (χ1) is 8.74. The zero-order chi connectivity index (χ0) is 13.2. The number of ketones is 1. The van der Waals surface area contributed by atoms with Crippen LogP contribution in [0.1, 0.15) is 58.3 Å². The van der Waals surface area contributed by atoms with Crippen LogP contribution in [0.4, 0.5) is 4.79 Å². The number of amides is 1. The highest BCUT2D eigenvalue weighted by Crippen LogP contribution is 2.09. The number of hydrogen-bond acceptors (Lipinski definition) is 3. The summed E-state index contributed by atoms with van der Waals surface area (Å²) in [7, 11) is 0. The SMILES string of the molecule is CCCCCCCCCOC(=O)N1CCC(=O)C1. The molecule has 0 saturated carbocycles. The van der Waals surface area contributed by atoms with Gasteiger partial charge in [0.05, 0.1) is 13.2 Å². The van der Waals surface area contributed by atoms with E-state index in [-0.39, 0.29) is 18.4 Å². The van der Waals surface area contributed by atoms with Gasteiger partial charge in [-0.15, -0.1) is 0 Å². The summed E-state index contributed by atoms with van der Waals surface area (Å²) < 4.78 is 5.14. The van der Waals surface area contributed by atoms with Crippen molar-refractivity contribution in [3.8, 4) is 0 Å². The molecule has 0 unspecified atom stereocenters. The maximum atomic E-state index is 11.5. The minimum absolute atomic E-state index is 0.128. The van der Waals surface area contributed by atoms with Gasteiger partial charge in [-0.1, -0.05) is 45.4 Å². The second-order valence-electron chi connectivity index (χ2n) is 4.95. The van der Waals surface area contributed by atoms with Crippen LogP contribution in [0.2, 0.25) is 0 Å². The second kappa shape index (κ2) is 8.95. The zero-order valence-electron chi connectivity index (χ0n) is 11.5. The maximum Gasteiger partial charge on any atom is 0.410 e. The van der Waals surface area contributed by atoms with Gasteiger partial charge in [0.1, 0.15) is 0 Å². The van der Waals surface area contributed by atoms with Gasteiger partial charge < -0.3 is 9.64 Å². The summed E-state index contributed by atoms with van der Waals surface area (Å²) in [6.07, 6.45) is 8.60. The van der Waals surface area contributed by atoms with Crippen molar-refractivity contribution in [2.24, 2.45) is 0 Å². The Morgan fingerprint density at radius 2 is 1.83 bits per heavy atom. The first-order valence-corrected chi connectivity index (χ1v) is 7.17. The Morgan fingerprint density at radius 1 is 1.17 bits per heavy atom. The molecular weight excluding hydrogens is 230 g/mol. The van der Waals surface area contributed by atoms with E-state index in [2.05, 4.69) is 6.92 Å². The molecule has 0 aromatic carbocycles. The van der Waals surface area contributed by atoms with E-state index >= 15 is 0 Å². The summed E-state index contributed by atoms with van der Waals surface area (Å²) in [6.45, 7) is 3.45. The molecule has 1 amide bonds. The fourth-order valence-corrected chi connectivity index (χ4v) is 2.10. The Hall–Kier alpha value is -1.06. The van der Waals surface area contributed by atoms with Gasteiger partial charge in [0.15, 0.2) is 5.78 Å². The van der Waals surface area contributed by atoms with Gasteiger partial charge in [0.25, 0.3) is 0 Å². The van der Waals surface area contributed by atoms with Crippen LogP contribution in [0.15, 0.2) is 0 Å². The largest absolute Gasteiger partial charge is 0.449 e. The van der Waals surface area contributed by atoms with Crippen LogP contribution in [-0.4, -0.2) is 36.5 Å². The van der Waals surface area contributed by atoms with Crippen molar-refractivity contribution in [3.63, 3.8) is 0 Å². The highest BCUT2D eigenvalue weighted by molar-refractivity contribution is 5.87. The van der Waals surface area contributed by atoms with Gasteiger partial charge in [-0.2, -0.15) is 0 Å². The van der Waals surface area contributed by atoms with Crippen molar-refractivity contribution in [2.45, 2.75) is 58.3 Å². The lowest BCUT2D eigenvalue weighted by molar-refractivity contribution is -0.116. The van der Waals surface area contributed by atoms with E-state index in [1.807, 2.05) is 0 Å². The van der Waals surface area contributed by atoms with Crippen LogP contribution in [-0.2, 0) is 9.53 Å². The van der Waals surface area contributed by atoms with Gasteiger partial charge in [-0.25, -0.2) is 4.79 Å². The molecule has 0 N–H and O–H groups in total. The minimum Gasteiger partial charge on any atom is -0.449 e. The van der Waals surface area contributed by atoms with Gasteiger partial charge in [0, 0.05) is 13.0 Å². The summed E-state index contributed by atoms with van der Waals surface area (Å²) in [5.41, 5.74) is 0. The lowest BCUT2D eigenvalue weighted by Crippen LogP contribution is -2.29. The fourth-order valence-electron chi connectivity index (χ4n) is 2.10. The number of carbonyl (C=O) groups is 2. The lowest BCUT2D eigenvalue weighted by Gasteiger charge is -2.14. The van der Waals surface area contributed by atoms with Crippen LogP contribution in [0.3, 0.4) is 0 Å². The van der Waals surface area contributed by atoms with E-state index in [4.69, 9.17) is 4.74 Å². The van der Waals surface area contributed by atoms with E-state index in [0.717, 1.165) is 12.8 Å². The van der Waals surface area contributed by atoms with Crippen molar-refractivity contribution in [1.82, 2.24) is 4.90 Å². The van der Waals surface area contributed by atoms with Crippen LogP contribution in [0.5, 0.6) is 0 Å². The molecule has 104 valence electrons. The van der Waals surface area contributed by atoms with Crippen molar-refractivity contribution >= 4 is 11.9 Å². The van der Waals surface area contributed by atoms with E-state index in [9.17, 15) is 9.59 Å². The fraction of sp³-hybridized carbons (Fsp3) is 0.857. The highest BCUT2D eigenvalue weighted by Gasteiger charge is 2.24. The summed E-state index contributed by atoms with van der Waals surface area (Å²) in [6, 6.07) is 0. The lowest BCUT2D eigenvalue weighted by atomic mass is 10.1. The Kier molecular flexibility index (Phi) is 7.46. The molecule has 1 aliphatic rings. The monoisotopic (exact) mass is 255 g/mol. The molecule has 0 aromatic heterocycles. The van der Waals surface area contributed by atoms with Crippen LogP contribution >= 0.6 is 0 Å². The van der Waals surface area contributed by atoms with E-state index in [1.165, 1.54) is 37.0 Å². The third kappa shape index (κ3) is 6.03. The number of unbranched alkanes of at least 4 members (excludes halogenated alkanes) is 6. The summed E-state index contributed by atoms with van der Waals surface area (Å²) in [5, 5.41) is 0. The molecule has 1 rings (SSSR count). The number of hydrogen-bond donors (Lipinski definition) is 0. The predicted octanol–water partition coefficient (Wildman–Crippen LogP) is 3.15. The predicted molar refractivity (Wildman–Crippen MR) is 70.5 cm³/mol. The average Bonchev–Trinajstić information content (AvgIpc) is 2.79. The minimum atomic E-state index is -0.327. The molecule has 4 nitrogen and oxygen atoms in total. The number of likely N-dealkylation sites (tertiary alicyclic amines) is 1. The number of Topliss-reactive ketones (excluding diaryl/α,β-unsaturated/α-hetero) is 1. The molecule has 1 fully saturated rings. The summed E-state index contributed by atoms with van der Waals surface area (Å²) >= 11 is 0. The zero-order valence-corrected chi connectivity index (χ0v) is 11.5. The number of nitrogens with zero attached hydrogens (tertiary/aromatic N) is 1. The molecule has 0 atom stereocenters. The normalized spacial score (nSPS) is 15.2. The molecule has 18 heavy (non-hydrogen) atoms. The highest BCUT2D eigenvalue weighted by atomic mass is 16.6. The van der Waals surface area contributed by atoms with E-state index in [0.29, 0.717) is 19.6 Å². The Labute approximate surface area is 110 Å². The molecule has 0 aliphatic carbocycles. The molecule has 0 spiro atoms. The van der Waals surface area contributed by atoms with Crippen molar-refractivity contribution in [3.05, 3.63) is 0 Å². The number of rotatable bonds is 8. The van der Waals surface area contributed by atoms with Crippen molar-refractivity contribution < 1.29 is 14.3 Å². The molecule has 1 aliphatic heterocycles.